The molecule has 1 heterocycles. The van der Waals surface area contributed by atoms with E-state index in [1.807, 2.05) is 12.1 Å². The van der Waals surface area contributed by atoms with E-state index in [1.54, 1.807) is 0 Å². The van der Waals surface area contributed by atoms with Crippen LogP contribution in [-0.4, -0.2) is 11.3 Å². The number of nitrogens with zero attached hydrogens (tertiary/aromatic N) is 1. The molecule has 0 spiro atoms. The first kappa shape index (κ1) is 20.4. The van der Waals surface area contributed by atoms with Crippen molar-refractivity contribution in [2.24, 2.45) is 0 Å². The number of aliphatic hydroxyl groups excluding tert-OH is 1. The molecule has 0 amide bonds. The summed E-state index contributed by atoms with van der Waals surface area (Å²) in [5, 5.41) is 7.94. The molecule has 126 valence electrons. The molecule has 0 bridgehead atoms. The van der Waals surface area contributed by atoms with E-state index in [0.717, 1.165) is 56.2 Å². The van der Waals surface area contributed by atoms with E-state index in [-0.39, 0.29) is 27.0 Å². The largest absolute Gasteiger partial charge is 2.00 e. The molecule has 1 saturated carbocycles. The van der Waals surface area contributed by atoms with Crippen LogP contribution in [0.15, 0.2) is 24.3 Å². The second-order valence-corrected chi connectivity index (χ2v) is 6.00. The van der Waals surface area contributed by atoms with Crippen molar-refractivity contribution in [3.63, 3.8) is 0 Å². The molecule has 0 radical (unpaired) electrons. The summed E-state index contributed by atoms with van der Waals surface area (Å²) in [5.41, 5.74) is 3.43. The molecular weight excluding hydrogens is 461 g/mol. The van der Waals surface area contributed by atoms with E-state index in [2.05, 4.69) is 26.2 Å². The minimum Gasteiger partial charge on any atom is -0.661 e. The minimum atomic E-state index is -0.684. The zero-order valence-electron chi connectivity index (χ0n) is 13.8. The fourth-order valence-corrected chi connectivity index (χ4v) is 3.52. The van der Waals surface area contributed by atoms with E-state index >= 15 is 0 Å². The van der Waals surface area contributed by atoms with Crippen molar-refractivity contribution in [1.82, 2.24) is 4.98 Å². The van der Waals surface area contributed by atoms with Gasteiger partial charge in [0, 0.05) is 5.92 Å². The van der Waals surface area contributed by atoms with Crippen molar-refractivity contribution in [1.29, 1.82) is 0 Å². The number of fused-ring (bicyclic) bond motifs is 1. The molecule has 1 aromatic carbocycles. The van der Waals surface area contributed by atoms with Gasteiger partial charge in [0.2, 0.25) is 0 Å². The molecule has 0 saturated heterocycles. The van der Waals surface area contributed by atoms with Crippen LogP contribution in [0.25, 0.3) is 10.9 Å². The normalized spacial score (nSPS) is 20.5. The maximum atomic E-state index is 14.4. The van der Waals surface area contributed by atoms with Gasteiger partial charge in [-0.25, -0.2) is 11.5 Å². The number of aromatic nitrogens is 1. The van der Waals surface area contributed by atoms with Gasteiger partial charge in [0.1, 0.15) is 6.17 Å². The van der Waals surface area contributed by atoms with Crippen molar-refractivity contribution in [2.45, 2.75) is 64.0 Å². The summed E-state index contributed by atoms with van der Waals surface area (Å²) < 4.78 is 14.4. The van der Waals surface area contributed by atoms with Crippen molar-refractivity contribution in [3.05, 3.63) is 42.6 Å². The fourth-order valence-electron chi connectivity index (χ4n) is 3.52. The summed E-state index contributed by atoms with van der Waals surface area (Å²) in [6.45, 7) is 2.20. The van der Waals surface area contributed by atoms with Crippen molar-refractivity contribution < 1.29 is 30.6 Å². The average molecular weight is 487 g/mol. The molecule has 1 aromatic heterocycles. The van der Waals surface area contributed by atoms with Gasteiger partial charge in [0.25, 0.3) is 0 Å². The molecule has 2 unspecified atom stereocenters. The molecule has 1 aliphatic carbocycles. The Bertz CT molecular complexity index is 584. The van der Waals surface area contributed by atoms with Crippen molar-refractivity contribution in [2.75, 3.05) is 0 Å². The van der Waals surface area contributed by atoms with Crippen LogP contribution in [0.3, 0.4) is 0 Å². The summed E-state index contributed by atoms with van der Waals surface area (Å²) in [5.74, 6) is 0.0722. The molecule has 2 atom stereocenters. The van der Waals surface area contributed by atoms with Gasteiger partial charge in [0.05, 0.1) is 0 Å². The van der Waals surface area contributed by atoms with Gasteiger partial charge < -0.3 is 10.1 Å². The number of rotatable bonds is 4. The molecule has 1 N–H and O–H groups in total. The molecule has 2 nitrogen and oxygen atoms in total. The third-order valence-electron chi connectivity index (χ3n) is 4.58. The van der Waals surface area contributed by atoms with Crippen molar-refractivity contribution in [3.8, 4) is 0 Å². The maximum Gasteiger partial charge on any atom is 2.00 e. The Morgan fingerprint density at radius 3 is 2.61 bits per heavy atom. The molecule has 1 fully saturated rings. The van der Waals surface area contributed by atoms with Gasteiger partial charge in [-0.05, 0) is 24.6 Å². The maximum absolute atomic E-state index is 14.4. The third kappa shape index (κ3) is 4.67. The monoisotopic (exact) mass is 487 g/mol. The number of unbranched alkanes of at least 4 members (excludes halogenated alkanes) is 1. The molecule has 3 rings (SSSR count). The van der Waals surface area contributed by atoms with Crippen molar-refractivity contribution >= 4 is 10.9 Å². The van der Waals surface area contributed by atoms with Crippen LogP contribution in [0.2, 0.25) is 0 Å². The van der Waals surface area contributed by atoms with E-state index in [0.29, 0.717) is 0 Å². The van der Waals surface area contributed by atoms with E-state index in [1.165, 1.54) is 10.9 Å². The first-order chi connectivity index (χ1) is 10.8. The second kappa shape index (κ2) is 10.3. The van der Waals surface area contributed by atoms with E-state index in [4.69, 9.17) is 10.1 Å². The summed E-state index contributed by atoms with van der Waals surface area (Å²) >= 11 is 0. The number of aryl methyl sites for hydroxylation is 1. The van der Waals surface area contributed by atoms with Crippen LogP contribution in [0.5, 0.6) is 0 Å². The van der Waals surface area contributed by atoms with Crippen LogP contribution in [-0.2, 0) is 27.5 Å². The Morgan fingerprint density at radius 1 is 1.22 bits per heavy atom. The van der Waals surface area contributed by atoms with Gasteiger partial charge >= 0.3 is 21.1 Å². The molecule has 23 heavy (non-hydrogen) atoms. The molecule has 4 heteroatoms. The molecular formula is C19H26FNOW. The van der Waals surface area contributed by atoms with Gasteiger partial charge in [0.15, 0.2) is 0 Å². The first-order valence-electron chi connectivity index (χ1n) is 8.31. The summed E-state index contributed by atoms with van der Waals surface area (Å²) in [7, 11) is 2.25. The Labute approximate surface area is 153 Å². The topological polar surface area (TPSA) is 34.3 Å². The zero-order chi connectivity index (χ0) is 15.9. The number of aliphatic hydroxyl groups is 1. The van der Waals surface area contributed by atoms with E-state index in [9.17, 15) is 4.39 Å². The standard InChI is InChI=1S/C18H23FN.CH3O.W/c1-2-3-11-17-18(13-8-4-6-10-15(13)19)14-9-5-7-12-16(14)20-17;1-2;/h5,7,9,12-13,15H,2-4,6,8,10-11H2,1H3;2H,1H2;/q2*-1;+2. The third-order valence-corrected chi connectivity index (χ3v) is 4.58. The molecule has 2 aromatic rings. The molecule has 1 aliphatic rings. The Hall–Kier alpha value is -0.662. The average Bonchev–Trinajstić information content (AvgIpc) is 2.93. The summed E-state index contributed by atoms with van der Waals surface area (Å²) in [6.07, 6.45) is 6.49. The Morgan fingerprint density at radius 2 is 1.91 bits per heavy atom. The second-order valence-electron chi connectivity index (χ2n) is 6.00. The Balaban J connectivity index is 0.000000849. The minimum absolute atomic E-state index is 0. The zero-order valence-corrected chi connectivity index (χ0v) is 16.7. The number of halogens is 1. The SMILES string of the molecule is CCCCc1[n-]c2ccccc2c1C1CCCCC1F.[CH2-]O.[W+2]. The quantitative estimate of drug-likeness (QED) is 0.596. The predicted octanol–water partition coefficient (Wildman–Crippen LogP) is 5.28. The number of para-hydroxylation sites is 1. The predicted molar refractivity (Wildman–Crippen MR) is 89.3 cm³/mol. The van der Waals surface area contributed by atoms with Crippen LogP contribution in [0, 0.1) is 7.11 Å². The van der Waals surface area contributed by atoms with Crippen LogP contribution in [0.4, 0.5) is 4.39 Å². The van der Waals surface area contributed by atoms with Crippen LogP contribution in [0.1, 0.15) is 62.6 Å². The fraction of sp³-hybridized carbons (Fsp3) is 0.526. The summed E-state index contributed by atoms with van der Waals surface area (Å²) in [6, 6.07) is 8.25. The van der Waals surface area contributed by atoms with E-state index < -0.39 is 6.17 Å². The number of alkyl halides is 1. The number of hydrogen-bond donors (Lipinski definition) is 1. The first-order valence-corrected chi connectivity index (χ1v) is 8.31. The molecule has 0 aliphatic heterocycles. The number of hydrogen-bond acceptors (Lipinski definition) is 1. The van der Waals surface area contributed by atoms with Gasteiger partial charge in [-0.1, -0.05) is 62.4 Å². The van der Waals surface area contributed by atoms with Crippen LogP contribution < -0.4 is 4.98 Å². The number of benzene rings is 1. The van der Waals surface area contributed by atoms with Gasteiger partial charge in [-0.15, -0.1) is 5.52 Å². The van der Waals surface area contributed by atoms with Gasteiger partial charge in [-0.3, -0.25) is 0 Å². The smallest absolute Gasteiger partial charge is 0.661 e. The Kier molecular flexibility index (Phi) is 9.09. The van der Waals surface area contributed by atoms with Crippen LogP contribution >= 0.6 is 0 Å². The van der Waals surface area contributed by atoms with Gasteiger partial charge in [-0.2, -0.15) is 5.69 Å². The summed E-state index contributed by atoms with van der Waals surface area (Å²) in [4.78, 5) is 4.79.